The van der Waals surface area contributed by atoms with Gasteiger partial charge in [-0.15, -0.1) is 0 Å². The molecule has 0 aromatic heterocycles. The molecule has 1 saturated heterocycles. The lowest BCUT2D eigenvalue weighted by Gasteiger charge is -2.40. The minimum atomic E-state index is 0.376. The molecule has 1 aromatic carbocycles. The van der Waals surface area contributed by atoms with Crippen molar-refractivity contribution in [3.8, 4) is 0 Å². The van der Waals surface area contributed by atoms with Crippen molar-refractivity contribution in [2.45, 2.75) is 38.8 Å². The molecule has 100 valence electrons. The van der Waals surface area contributed by atoms with Crippen molar-refractivity contribution >= 4 is 15.9 Å². The zero-order chi connectivity index (χ0) is 13.1. The number of likely N-dealkylation sites (tertiary alicyclic amines) is 1. The predicted molar refractivity (Wildman–Crippen MR) is 80.5 cm³/mol. The minimum absolute atomic E-state index is 0.376. The molecule has 0 bridgehead atoms. The number of rotatable bonds is 3. The van der Waals surface area contributed by atoms with Crippen molar-refractivity contribution in [3.05, 3.63) is 34.3 Å². The van der Waals surface area contributed by atoms with Gasteiger partial charge in [0.05, 0.1) is 0 Å². The summed E-state index contributed by atoms with van der Waals surface area (Å²) in [4.78, 5) is 2.59. The lowest BCUT2D eigenvalue weighted by molar-refractivity contribution is 0.113. The fraction of sp³-hybridized carbons (Fsp3) is 0.600. The van der Waals surface area contributed by atoms with Gasteiger partial charge in [-0.2, -0.15) is 0 Å². The number of hydrogen-bond donors (Lipinski definition) is 1. The molecule has 1 fully saturated rings. The van der Waals surface area contributed by atoms with Crippen LogP contribution < -0.4 is 5.73 Å². The fourth-order valence-corrected chi connectivity index (χ4v) is 3.31. The van der Waals surface area contributed by atoms with E-state index in [1.54, 1.807) is 0 Å². The monoisotopic (exact) mass is 310 g/mol. The molecule has 3 heteroatoms. The third-order valence-electron chi connectivity index (χ3n) is 4.06. The van der Waals surface area contributed by atoms with Gasteiger partial charge in [0.15, 0.2) is 0 Å². The number of piperidine rings is 1. The molecule has 0 aliphatic carbocycles. The maximum atomic E-state index is 6.11. The second-order valence-electron chi connectivity index (χ2n) is 5.40. The molecule has 1 aliphatic heterocycles. The SMILES string of the molecule is CCC(c1cccc(Br)c1)N1CCC(N)C(C)C1. The predicted octanol–water partition coefficient (Wildman–Crippen LogP) is 3.57. The van der Waals surface area contributed by atoms with Crippen LogP contribution in [0, 0.1) is 5.92 Å². The molecule has 18 heavy (non-hydrogen) atoms. The van der Waals surface area contributed by atoms with Gasteiger partial charge in [0.25, 0.3) is 0 Å². The van der Waals surface area contributed by atoms with Crippen LogP contribution in [0.3, 0.4) is 0 Å². The summed E-state index contributed by atoms with van der Waals surface area (Å²) in [5, 5.41) is 0. The van der Waals surface area contributed by atoms with Gasteiger partial charge in [0.1, 0.15) is 0 Å². The van der Waals surface area contributed by atoms with E-state index in [1.165, 1.54) is 10.0 Å². The van der Waals surface area contributed by atoms with Gasteiger partial charge in [-0.25, -0.2) is 0 Å². The van der Waals surface area contributed by atoms with E-state index in [-0.39, 0.29) is 0 Å². The van der Waals surface area contributed by atoms with Crippen LogP contribution in [0.25, 0.3) is 0 Å². The molecular weight excluding hydrogens is 288 g/mol. The molecule has 0 amide bonds. The van der Waals surface area contributed by atoms with Crippen LogP contribution >= 0.6 is 15.9 Å². The molecular formula is C15H23BrN2. The van der Waals surface area contributed by atoms with Crippen molar-refractivity contribution in [1.29, 1.82) is 0 Å². The molecule has 1 aliphatic rings. The third-order valence-corrected chi connectivity index (χ3v) is 4.56. The van der Waals surface area contributed by atoms with Crippen molar-refractivity contribution in [2.75, 3.05) is 13.1 Å². The first-order valence-electron chi connectivity index (χ1n) is 6.87. The van der Waals surface area contributed by atoms with Gasteiger partial charge in [0, 0.05) is 29.6 Å². The Morgan fingerprint density at radius 2 is 2.28 bits per heavy atom. The smallest absolute Gasteiger partial charge is 0.0346 e. The Kier molecular flexibility index (Phi) is 4.82. The maximum absolute atomic E-state index is 6.11. The number of benzene rings is 1. The summed E-state index contributed by atoms with van der Waals surface area (Å²) < 4.78 is 1.17. The van der Waals surface area contributed by atoms with Crippen LogP contribution in [0.5, 0.6) is 0 Å². The Bertz CT molecular complexity index is 394. The number of hydrogen-bond acceptors (Lipinski definition) is 2. The van der Waals surface area contributed by atoms with Crippen molar-refractivity contribution in [1.82, 2.24) is 4.90 Å². The van der Waals surface area contributed by atoms with E-state index in [4.69, 9.17) is 5.73 Å². The standard InChI is InChI=1S/C15H23BrN2/c1-3-15(12-5-4-6-13(16)9-12)18-8-7-14(17)11(2)10-18/h4-6,9,11,14-15H,3,7-8,10,17H2,1-2H3. The Balaban J connectivity index is 2.14. The Hall–Kier alpha value is -0.380. The molecule has 0 radical (unpaired) electrons. The number of nitrogens with zero attached hydrogens (tertiary/aromatic N) is 1. The van der Waals surface area contributed by atoms with E-state index >= 15 is 0 Å². The van der Waals surface area contributed by atoms with Gasteiger partial charge in [-0.05, 0) is 36.5 Å². The number of nitrogens with two attached hydrogens (primary N) is 1. The van der Waals surface area contributed by atoms with Crippen molar-refractivity contribution in [2.24, 2.45) is 11.7 Å². The molecule has 2 N–H and O–H groups in total. The van der Waals surface area contributed by atoms with Crippen LogP contribution in [0.4, 0.5) is 0 Å². The first kappa shape index (κ1) is 14.0. The van der Waals surface area contributed by atoms with Crippen LogP contribution in [-0.4, -0.2) is 24.0 Å². The van der Waals surface area contributed by atoms with Crippen LogP contribution in [-0.2, 0) is 0 Å². The summed E-state index contributed by atoms with van der Waals surface area (Å²) in [6.45, 7) is 6.78. The minimum Gasteiger partial charge on any atom is -0.327 e. The summed E-state index contributed by atoms with van der Waals surface area (Å²) in [6, 6.07) is 9.59. The molecule has 2 nitrogen and oxygen atoms in total. The van der Waals surface area contributed by atoms with Crippen LogP contribution in [0.2, 0.25) is 0 Å². The zero-order valence-corrected chi connectivity index (χ0v) is 12.9. The quantitative estimate of drug-likeness (QED) is 0.924. The second kappa shape index (κ2) is 6.18. The summed E-state index contributed by atoms with van der Waals surface area (Å²) in [5.41, 5.74) is 7.52. The molecule has 1 aromatic rings. The van der Waals surface area contributed by atoms with Crippen molar-refractivity contribution in [3.63, 3.8) is 0 Å². The van der Waals surface area contributed by atoms with Gasteiger partial charge >= 0.3 is 0 Å². The van der Waals surface area contributed by atoms with Crippen molar-refractivity contribution < 1.29 is 0 Å². The average Bonchev–Trinajstić information content (AvgIpc) is 2.35. The molecule has 2 rings (SSSR count). The van der Waals surface area contributed by atoms with E-state index in [1.807, 2.05) is 0 Å². The first-order chi connectivity index (χ1) is 8.61. The largest absolute Gasteiger partial charge is 0.327 e. The van der Waals surface area contributed by atoms with Gasteiger partial charge in [-0.1, -0.05) is 41.9 Å². The Morgan fingerprint density at radius 3 is 2.89 bits per heavy atom. The highest BCUT2D eigenvalue weighted by Gasteiger charge is 2.27. The third kappa shape index (κ3) is 3.14. The lowest BCUT2D eigenvalue weighted by Crippen LogP contribution is -2.47. The molecule has 3 atom stereocenters. The normalized spacial score (nSPS) is 27.1. The fourth-order valence-electron chi connectivity index (χ4n) is 2.90. The summed E-state index contributed by atoms with van der Waals surface area (Å²) in [6.07, 6.45) is 2.27. The van der Waals surface area contributed by atoms with E-state index in [9.17, 15) is 0 Å². The highest BCUT2D eigenvalue weighted by atomic mass is 79.9. The average molecular weight is 311 g/mol. The van der Waals surface area contributed by atoms with E-state index in [0.29, 0.717) is 18.0 Å². The van der Waals surface area contributed by atoms with E-state index < -0.39 is 0 Å². The molecule has 3 unspecified atom stereocenters. The molecule has 0 spiro atoms. The highest BCUT2D eigenvalue weighted by Crippen LogP contribution is 2.30. The topological polar surface area (TPSA) is 29.3 Å². The van der Waals surface area contributed by atoms with Crippen LogP contribution in [0.1, 0.15) is 38.3 Å². The summed E-state index contributed by atoms with van der Waals surface area (Å²) in [7, 11) is 0. The van der Waals surface area contributed by atoms with E-state index in [2.05, 4.69) is 58.9 Å². The zero-order valence-electron chi connectivity index (χ0n) is 11.3. The molecule has 1 heterocycles. The Morgan fingerprint density at radius 1 is 1.50 bits per heavy atom. The summed E-state index contributed by atoms with van der Waals surface area (Å²) >= 11 is 3.57. The van der Waals surface area contributed by atoms with Gasteiger partial charge in [0.2, 0.25) is 0 Å². The van der Waals surface area contributed by atoms with Crippen LogP contribution in [0.15, 0.2) is 28.7 Å². The first-order valence-corrected chi connectivity index (χ1v) is 7.66. The Labute approximate surface area is 119 Å². The summed E-state index contributed by atoms with van der Waals surface area (Å²) in [5.74, 6) is 0.597. The number of halogens is 1. The van der Waals surface area contributed by atoms with Gasteiger partial charge < -0.3 is 5.73 Å². The van der Waals surface area contributed by atoms with E-state index in [0.717, 1.165) is 25.9 Å². The maximum Gasteiger partial charge on any atom is 0.0346 e. The second-order valence-corrected chi connectivity index (χ2v) is 6.32. The lowest BCUT2D eigenvalue weighted by atomic mass is 9.91. The highest BCUT2D eigenvalue weighted by molar-refractivity contribution is 9.10. The van der Waals surface area contributed by atoms with Gasteiger partial charge in [-0.3, -0.25) is 4.90 Å². The molecule has 0 saturated carbocycles.